The third-order valence-corrected chi connectivity index (χ3v) is 6.96. The summed E-state index contributed by atoms with van der Waals surface area (Å²) in [5, 5.41) is 12.5. The average molecular weight is 531 g/mol. The highest BCUT2D eigenvalue weighted by Gasteiger charge is 2.33. The smallest absolute Gasteiger partial charge is 0.267 e. The van der Waals surface area contributed by atoms with Crippen molar-refractivity contribution in [3.63, 3.8) is 0 Å². The molecule has 0 saturated carbocycles. The Balaban J connectivity index is 1.68. The van der Waals surface area contributed by atoms with Crippen molar-refractivity contribution in [2.75, 3.05) is 31.7 Å². The number of pyridine rings is 1. The van der Waals surface area contributed by atoms with Crippen LogP contribution in [-0.4, -0.2) is 56.0 Å². The fraction of sp³-hybridized carbons (Fsp3) is 0.250. The minimum Gasteiger partial charge on any atom is -0.394 e. The van der Waals surface area contributed by atoms with E-state index in [0.717, 1.165) is 22.9 Å². The number of thioether (sulfide) groups is 1. The van der Waals surface area contributed by atoms with E-state index < -0.39 is 0 Å². The number of rotatable bonds is 9. The van der Waals surface area contributed by atoms with E-state index in [4.69, 9.17) is 33.7 Å². The van der Waals surface area contributed by atoms with Gasteiger partial charge in [0.25, 0.3) is 11.5 Å². The fourth-order valence-electron chi connectivity index (χ4n) is 3.50. The van der Waals surface area contributed by atoms with Crippen LogP contribution in [-0.2, 0) is 16.1 Å². The number of carbonyl (C=O) groups excluding carboxylic acids is 1. The largest absolute Gasteiger partial charge is 0.394 e. The Hall–Kier alpha value is -2.76. The van der Waals surface area contributed by atoms with Gasteiger partial charge in [-0.15, -0.1) is 0 Å². The summed E-state index contributed by atoms with van der Waals surface area (Å²) in [5.74, 6) is 0.0358. The van der Waals surface area contributed by atoms with Gasteiger partial charge >= 0.3 is 0 Å². The number of hydrogen-bond acceptors (Lipinski definition) is 8. The fourth-order valence-corrected chi connectivity index (χ4v) is 4.93. The Morgan fingerprint density at radius 2 is 2.03 bits per heavy atom. The highest BCUT2D eigenvalue weighted by molar-refractivity contribution is 8.26. The average Bonchev–Trinajstić information content (AvgIpc) is 3.10. The minimum absolute atomic E-state index is 0.0732. The molecule has 0 radical (unpaired) electrons. The molecule has 1 amide bonds. The quantitative estimate of drug-likeness (QED) is 0.247. The third-order valence-electron chi connectivity index (χ3n) is 5.22. The predicted octanol–water partition coefficient (Wildman–Crippen LogP) is 3.48. The number of thiocarbonyl (C=S) groups is 1. The lowest BCUT2D eigenvalue weighted by molar-refractivity contribution is -0.122. The second kappa shape index (κ2) is 11.3. The number of aromatic nitrogens is 2. The number of halogens is 1. The van der Waals surface area contributed by atoms with Crippen LogP contribution < -0.4 is 10.9 Å². The molecule has 0 unspecified atom stereocenters. The number of aliphatic hydroxyl groups excluding tert-OH is 1. The van der Waals surface area contributed by atoms with Crippen molar-refractivity contribution in [3.05, 3.63) is 79.6 Å². The van der Waals surface area contributed by atoms with Crippen molar-refractivity contribution >= 4 is 63.3 Å². The summed E-state index contributed by atoms with van der Waals surface area (Å²) in [6, 6.07) is 10.9. The van der Waals surface area contributed by atoms with Gasteiger partial charge in [0.1, 0.15) is 15.8 Å². The molecule has 0 atom stereocenters. The number of benzene rings is 1. The SMILES string of the molecule is Cc1ccc2nc(NCCOCCO)c(C=C3SC(=S)N(Cc4ccccc4Cl)C3=O)c(=O)n2c1. The Morgan fingerprint density at radius 3 is 2.80 bits per heavy atom. The number of nitrogens with zero attached hydrogens (tertiary/aromatic N) is 3. The van der Waals surface area contributed by atoms with Crippen molar-refractivity contribution in [3.8, 4) is 0 Å². The van der Waals surface area contributed by atoms with E-state index in [1.54, 1.807) is 18.3 Å². The molecule has 1 aromatic carbocycles. The standard InChI is InChI=1S/C24H23ClN4O4S2/c1-15-6-7-20-27-21(26-8-10-33-11-9-30)17(22(31)28(20)13-15)12-19-23(32)29(24(34)35-19)14-16-4-2-3-5-18(16)25/h2-7,12-13,26,30H,8-11,14H2,1H3. The zero-order valence-electron chi connectivity index (χ0n) is 18.9. The molecule has 4 rings (SSSR count). The number of carbonyl (C=O) groups is 1. The van der Waals surface area contributed by atoms with Gasteiger partial charge in [-0.2, -0.15) is 0 Å². The number of hydrogen-bond donors (Lipinski definition) is 2. The van der Waals surface area contributed by atoms with Crippen molar-refractivity contribution in [2.24, 2.45) is 0 Å². The second-order valence-corrected chi connectivity index (χ2v) is 9.82. The first kappa shape index (κ1) is 25.3. The maximum atomic E-state index is 13.4. The molecule has 2 N–H and O–H groups in total. The van der Waals surface area contributed by atoms with Crippen LogP contribution >= 0.6 is 35.6 Å². The molecule has 2 aromatic heterocycles. The van der Waals surface area contributed by atoms with Gasteiger partial charge in [-0.1, -0.05) is 59.8 Å². The van der Waals surface area contributed by atoms with Gasteiger partial charge in [0, 0.05) is 17.8 Å². The lowest BCUT2D eigenvalue weighted by atomic mass is 10.2. The van der Waals surface area contributed by atoms with E-state index in [9.17, 15) is 9.59 Å². The topological polar surface area (TPSA) is 96.2 Å². The van der Waals surface area contributed by atoms with Gasteiger partial charge in [-0.3, -0.25) is 18.9 Å². The molecule has 1 aliphatic heterocycles. The molecule has 1 aliphatic rings. The maximum absolute atomic E-state index is 13.4. The van der Waals surface area contributed by atoms with Crippen LogP contribution in [0.1, 0.15) is 16.7 Å². The molecule has 11 heteroatoms. The van der Waals surface area contributed by atoms with E-state index in [2.05, 4.69) is 10.3 Å². The molecule has 35 heavy (non-hydrogen) atoms. The van der Waals surface area contributed by atoms with Crippen LogP contribution in [0, 0.1) is 6.92 Å². The zero-order chi connectivity index (χ0) is 24.9. The lowest BCUT2D eigenvalue weighted by Gasteiger charge is -2.15. The Bertz CT molecular complexity index is 1380. The first-order chi connectivity index (χ1) is 16.9. The molecule has 3 aromatic rings. The molecule has 8 nitrogen and oxygen atoms in total. The van der Waals surface area contributed by atoms with Gasteiger partial charge in [0.2, 0.25) is 0 Å². The van der Waals surface area contributed by atoms with Gasteiger partial charge in [-0.25, -0.2) is 4.98 Å². The van der Waals surface area contributed by atoms with Crippen molar-refractivity contribution < 1.29 is 14.6 Å². The highest BCUT2D eigenvalue weighted by atomic mass is 35.5. The van der Waals surface area contributed by atoms with Crippen molar-refractivity contribution in [1.82, 2.24) is 14.3 Å². The zero-order valence-corrected chi connectivity index (χ0v) is 21.3. The van der Waals surface area contributed by atoms with E-state index >= 15 is 0 Å². The molecular weight excluding hydrogens is 508 g/mol. The van der Waals surface area contributed by atoms with Gasteiger partial charge in [-0.05, 0) is 36.3 Å². The molecule has 1 fully saturated rings. The van der Waals surface area contributed by atoms with Gasteiger partial charge in [0.15, 0.2) is 0 Å². The summed E-state index contributed by atoms with van der Waals surface area (Å²) < 4.78 is 7.14. The molecule has 3 heterocycles. The molecule has 182 valence electrons. The Morgan fingerprint density at radius 1 is 1.23 bits per heavy atom. The van der Waals surface area contributed by atoms with Crippen LogP contribution in [0.3, 0.4) is 0 Å². The number of anilines is 1. The number of aryl methyl sites for hydroxylation is 1. The van der Waals surface area contributed by atoms with E-state index in [0.29, 0.717) is 38.9 Å². The summed E-state index contributed by atoms with van der Waals surface area (Å²) in [6.07, 6.45) is 3.24. The van der Waals surface area contributed by atoms with Crippen LogP contribution in [0.25, 0.3) is 11.7 Å². The summed E-state index contributed by atoms with van der Waals surface area (Å²) in [6.45, 7) is 2.95. The number of amides is 1. The first-order valence-electron chi connectivity index (χ1n) is 10.8. The van der Waals surface area contributed by atoms with Gasteiger partial charge < -0.3 is 15.2 Å². The molecule has 0 bridgehead atoms. The van der Waals surface area contributed by atoms with Gasteiger partial charge in [0.05, 0.1) is 36.8 Å². The molecule has 0 aliphatic carbocycles. The summed E-state index contributed by atoms with van der Waals surface area (Å²) in [5.41, 5.74) is 2.08. The van der Waals surface area contributed by atoms with Crippen molar-refractivity contribution in [2.45, 2.75) is 13.5 Å². The highest BCUT2D eigenvalue weighted by Crippen LogP contribution is 2.34. The monoisotopic (exact) mass is 530 g/mol. The second-order valence-electron chi connectivity index (χ2n) is 7.74. The number of fused-ring (bicyclic) bond motifs is 1. The van der Waals surface area contributed by atoms with E-state index in [1.165, 1.54) is 15.4 Å². The summed E-state index contributed by atoms with van der Waals surface area (Å²) in [4.78, 5) is 33.0. The normalized spacial score (nSPS) is 14.9. The summed E-state index contributed by atoms with van der Waals surface area (Å²) >= 11 is 12.9. The minimum atomic E-state index is -0.311. The molecular formula is C24H23ClN4O4S2. The van der Waals surface area contributed by atoms with E-state index in [1.807, 2.05) is 31.2 Å². The number of aliphatic hydroxyl groups is 1. The van der Waals surface area contributed by atoms with Crippen LogP contribution in [0.15, 0.2) is 52.3 Å². The number of ether oxygens (including phenoxy) is 1. The van der Waals surface area contributed by atoms with Crippen molar-refractivity contribution in [1.29, 1.82) is 0 Å². The number of nitrogens with one attached hydrogen (secondary N) is 1. The van der Waals surface area contributed by atoms with Crippen LogP contribution in [0.5, 0.6) is 0 Å². The summed E-state index contributed by atoms with van der Waals surface area (Å²) in [7, 11) is 0. The third kappa shape index (κ3) is 5.74. The van der Waals surface area contributed by atoms with Crippen LogP contribution in [0.4, 0.5) is 5.82 Å². The molecule has 1 saturated heterocycles. The molecule has 0 spiro atoms. The maximum Gasteiger partial charge on any atom is 0.267 e. The van der Waals surface area contributed by atoms with Crippen LogP contribution in [0.2, 0.25) is 5.02 Å². The Kier molecular flexibility index (Phi) is 8.19. The first-order valence-corrected chi connectivity index (χ1v) is 12.4. The Labute approximate surface area is 216 Å². The predicted molar refractivity (Wildman–Crippen MR) is 143 cm³/mol. The van der Waals surface area contributed by atoms with E-state index in [-0.39, 0.29) is 36.8 Å². The lowest BCUT2D eigenvalue weighted by Crippen LogP contribution is -2.27.